The van der Waals surface area contributed by atoms with E-state index in [-0.39, 0.29) is 0 Å². The number of hydrogen-bond donors (Lipinski definition) is 0. The fraction of sp³-hybridized carbons (Fsp3) is 0. The quantitative estimate of drug-likeness (QED) is 0.394. The van der Waals surface area contributed by atoms with Crippen LogP contribution in [-0.2, 0) is 0 Å². The Morgan fingerprint density at radius 2 is 1.73 bits per heavy atom. The second-order valence-electron chi connectivity index (χ2n) is 6.01. The number of aromatic nitrogens is 1. The normalized spacial score (nSPS) is 11.5. The summed E-state index contributed by atoms with van der Waals surface area (Å²) in [5.74, 6) is 0. The fourth-order valence-electron chi connectivity index (χ4n) is 3.06. The van der Waals surface area contributed by atoms with Crippen molar-refractivity contribution in [1.29, 1.82) is 5.26 Å². The van der Waals surface area contributed by atoms with E-state index in [0.29, 0.717) is 10.6 Å². The molecule has 0 aliphatic carbocycles. The molecule has 2 nitrogen and oxygen atoms in total. The first-order valence-corrected chi connectivity index (χ1v) is 8.67. The van der Waals surface area contributed by atoms with Crippen LogP contribution in [0.4, 0.5) is 0 Å². The number of nitriles is 1. The van der Waals surface area contributed by atoms with Crippen molar-refractivity contribution in [3.63, 3.8) is 0 Å². The summed E-state index contributed by atoms with van der Waals surface area (Å²) in [7, 11) is 0. The van der Waals surface area contributed by atoms with E-state index < -0.39 is 0 Å². The van der Waals surface area contributed by atoms with Crippen LogP contribution in [-0.4, -0.2) is 4.57 Å². The molecule has 26 heavy (non-hydrogen) atoms. The Kier molecular flexibility index (Phi) is 4.31. The molecule has 0 saturated heterocycles. The lowest BCUT2D eigenvalue weighted by atomic mass is 10.1. The predicted molar refractivity (Wildman–Crippen MR) is 108 cm³/mol. The molecule has 1 heterocycles. The highest BCUT2D eigenvalue weighted by Crippen LogP contribution is 2.24. The second kappa shape index (κ2) is 6.92. The van der Waals surface area contributed by atoms with Crippen molar-refractivity contribution in [1.82, 2.24) is 4.57 Å². The third-order valence-corrected chi connectivity index (χ3v) is 4.57. The average molecular weight is 355 g/mol. The summed E-state index contributed by atoms with van der Waals surface area (Å²) in [6, 6.07) is 28.2. The standard InChI is InChI=1S/C23H15ClN2/c24-21-8-3-7-18(13-21)20(16-25)15-22-9-4-12-26(22)23-11-10-17-5-1-2-6-19(17)14-23/h1-15H/b20-15-. The van der Waals surface area contributed by atoms with Crippen LogP contribution < -0.4 is 0 Å². The maximum Gasteiger partial charge on any atom is 0.0998 e. The molecule has 3 aromatic carbocycles. The predicted octanol–water partition coefficient (Wildman–Crippen LogP) is 6.35. The summed E-state index contributed by atoms with van der Waals surface area (Å²) >= 11 is 6.07. The summed E-state index contributed by atoms with van der Waals surface area (Å²) in [4.78, 5) is 0. The third-order valence-electron chi connectivity index (χ3n) is 4.34. The Bertz CT molecular complexity index is 1160. The molecule has 0 unspecified atom stereocenters. The summed E-state index contributed by atoms with van der Waals surface area (Å²) in [5, 5.41) is 12.6. The van der Waals surface area contributed by atoms with Crippen LogP contribution in [0.2, 0.25) is 5.02 Å². The van der Waals surface area contributed by atoms with Crippen LogP contribution in [0.25, 0.3) is 28.1 Å². The van der Waals surface area contributed by atoms with Crippen LogP contribution in [0.5, 0.6) is 0 Å². The van der Waals surface area contributed by atoms with Crippen molar-refractivity contribution < 1.29 is 0 Å². The van der Waals surface area contributed by atoms with Crippen LogP contribution >= 0.6 is 11.6 Å². The van der Waals surface area contributed by atoms with Crippen LogP contribution in [0, 0.1) is 11.3 Å². The number of allylic oxidation sites excluding steroid dienone is 1. The molecule has 4 aromatic rings. The molecular weight excluding hydrogens is 340 g/mol. The number of halogens is 1. The minimum absolute atomic E-state index is 0.577. The van der Waals surface area contributed by atoms with Gasteiger partial charge in [-0.15, -0.1) is 0 Å². The summed E-state index contributed by atoms with van der Waals surface area (Å²) in [6.07, 6.45) is 3.89. The Balaban J connectivity index is 1.79. The first-order valence-electron chi connectivity index (χ1n) is 8.29. The van der Waals surface area contributed by atoms with Gasteiger partial charge in [-0.25, -0.2) is 0 Å². The Hall–Kier alpha value is -3.28. The maximum atomic E-state index is 9.60. The lowest BCUT2D eigenvalue weighted by Gasteiger charge is -2.09. The molecule has 0 bridgehead atoms. The highest BCUT2D eigenvalue weighted by molar-refractivity contribution is 6.30. The molecule has 0 radical (unpaired) electrons. The zero-order chi connectivity index (χ0) is 17.9. The average Bonchev–Trinajstić information content (AvgIpc) is 3.14. The van der Waals surface area contributed by atoms with Gasteiger partial charge in [-0.1, -0.05) is 54.1 Å². The highest BCUT2D eigenvalue weighted by Gasteiger charge is 2.06. The van der Waals surface area contributed by atoms with Crippen LogP contribution in [0.15, 0.2) is 85.1 Å². The topological polar surface area (TPSA) is 28.7 Å². The summed E-state index contributed by atoms with van der Waals surface area (Å²) < 4.78 is 2.08. The van der Waals surface area contributed by atoms with Gasteiger partial charge in [0, 0.05) is 22.6 Å². The first-order chi connectivity index (χ1) is 12.7. The second-order valence-corrected chi connectivity index (χ2v) is 6.45. The van der Waals surface area contributed by atoms with E-state index >= 15 is 0 Å². The maximum absolute atomic E-state index is 9.60. The SMILES string of the molecule is N#C/C(=C/c1cccn1-c1ccc2ccccc2c1)c1cccc(Cl)c1. The van der Waals surface area contributed by atoms with Crippen molar-refractivity contribution in [2.75, 3.05) is 0 Å². The molecule has 1 aromatic heterocycles. The molecule has 0 N–H and O–H groups in total. The monoisotopic (exact) mass is 354 g/mol. The van der Waals surface area contributed by atoms with E-state index in [1.54, 1.807) is 12.1 Å². The van der Waals surface area contributed by atoms with Gasteiger partial charge in [0.2, 0.25) is 0 Å². The number of hydrogen-bond acceptors (Lipinski definition) is 1. The molecule has 3 heteroatoms. The Morgan fingerprint density at radius 3 is 2.54 bits per heavy atom. The van der Waals surface area contributed by atoms with E-state index in [1.165, 1.54) is 10.8 Å². The highest BCUT2D eigenvalue weighted by atomic mass is 35.5. The van der Waals surface area contributed by atoms with Gasteiger partial charge >= 0.3 is 0 Å². The van der Waals surface area contributed by atoms with Crippen molar-refractivity contribution in [2.24, 2.45) is 0 Å². The zero-order valence-corrected chi connectivity index (χ0v) is 14.7. The third kappa shape index (κ3) is 3.13. The van der Waals surface area contributed by atoms with Gasteiger partial charge in [0.25, 0.3) is 0 Å². The molecule has 4 rings (SSSR count). The molecule has 0 atom stereocenters. The van der Waals surface area contributed by atoms with Gasteiger partial charge in [0.05, 0.1) is 11.6 Å². The Morgan fingerprint density at radius 1 is 0.885 bits per heavy atom. The lowest BCUT2D eigenvalue weighted by molar-refractivity contribution is 1.07. The van der Waals surface area contributed by atoms with Gasteiger partial charge in [0.15, 0.2) is 0 Å². The van der Waals surface area contributed by atoms with Crippen molar-refractivity contribution in [3.05, 3.63) is 101 Å². The van der Waals surface area contributed by atoms with Gasteiger partial charge in [-0.05, 0) is 58.8 Å². The molecule has 0 fully saturated rings. The zero-order valence-electron chi connectivity index (χ0n) is 13.9. The van der Waals surface area contributed by atoms with Crippen LogP contribution in [0.3, 0.4) is 0 Å². The van der Waals surface area contributed by atoms with Crippen molar-refractivity contribution in [2.45, 2.75) is 0 Å². The van der Waals surface area contributed by atoms with Gasteiger partial charge in [-0.2, -0.15) is 5.26 Å². The number of benzene rings is 3. The van der Waals surface area contributed by atoms with E-state index in [2.05, 4.69) is 41.0 Å². The van der Waals surface area contributed by atoms with Crippen LogP contribution in [0.1, 0.15) is 11.3 Å². The molecule has 0 aliphatic rings. The van der Waals surface area contributed by atoms with Gasteiger partial charge < -0.3 is 4.57 Å². The van der Waals surface area contributed by atoms with E-state index in [9.17, 15) is 5.26 Å². The number of rotatable bonds is 3. The molecule has 0 spiro atoms. The first kappa shape index (κ1) is 16.2. The van der Waals surface area contributed by atoms with E-state index in [4.69, 9.17) is 11.6 Å². The van der Waals surface area contributed by atoms with Gasteiger partial charge in [-0.3, -0.25) is 0 Å². The van der Waals surface area contributed by atoms with Crippen molar-refractivity contribution in [3.8, 4) is 11.8 Å². The minimum Gasteiger partial charge on any atom is -0.317 e. The van der Waals surface area contributed by atoms with E-state index in [0.717, 1.165) is 16.9 Å². The van der Waals surface area contributed by atoms with Crippen molar-refractivity contribution >= 4 is 34.0 Å². The van der Waals surface area contributed by atoms with Gasteiger partial charge in [0.1, 0.15) is 0 Å². The molecule has 0 aliphatic heterocycles. The smallest absolute Gasteiger partial charge is 0.0998 e. The number of nitrogens with zero attached hydrogens (tertiary/aromatic N) is 2. The fourth-order valence-corrected chi connectivity index (χ4v) is 3.25. The van der Waals surface area contributed by atoms with E-state index in [1.807, 2.05) is 48.7 Å². The molecule has 0 saturated carbocycles. The Labute approximate surface area is 157 Å². The largest absolute Gasteiger partial charge is 0.317 e. The lowest BCUT2D eigenvalue weighted by Crippen LogP contribution is -1.95. The summed E-state index contributed by atoms with van der Waals surface area (Å²) in [5.41, 5.74) is 3.39. The molecule has 0 amide bonds. The number of fused-ring (bicyclic) bond motifs is 1. The molecular formula is C23H15ClN2. The minimum atomic E-state index is 0.577. The molecule has 124 valence electrons. The summed E-state index contributed by atoms with van der Waals surface area (Å²) in [6.45, 7) is 0.